The summed E-state index contributed by atoms with van der Waals surface area (Å²) >= 11 is 0. The minimum atomic E-state index is -1.30. The predicted molar refractivity (Wildman–Crippen MR) is 54.1 cm³/mol. The normalized spacial score (nSPS) is 10.3. The number of rotatable bonds is 2. The van der Waals surface area contributed by atoms with Crippen LogP contribution in [0.1, 0.15) is 10.4 Å². The standard InChI is InChI=1S/C10H8N2O4/c1-12-9(13)8(10(14)15)6(5-11-12)7-3-2-4-16-7/h2-5H,1H3,(H,14,15). The van der Waals surface area contributed by atoms with Crippen LogP contribution in [0.2, 0.25) is 0 Å². The van der Waals surface area contributed by atoms with Gasteiger partial charge in [-0.25, -0.2) is 9.48 Å². The molecule has 16 heavy (non-hydrogen) atoms. The molecule has 6 nitrogen and oxygen atoms in total. The molecule has 2 aromatic rings. The van der Waals surface area contributed by atoms with E-state index in [-0.39, 0.29) is 11.1 Å². The zero-order chi connectivity index (χ0) is 11.7. The van der Waals surface area contributed by atoms with E-state index in [1.165, 1.54) is 19.5 Å². The molecule has 0 radical (unpaired) electrons. The topological polar surface area (TPSA) is 85.3 Å². The Balaban J connectivity index is 2.77. The summed E-state index contributed by atoms with van der Waals surface area (Å²) in [5, 5.41) is 12.7. The highest BCUT2D eigenvalue weighted by atomic mass is 16.4. The van der Waals surface area contributed by atoms with E-state index < -0.39 is 11.5 Å². The van der Waals surface area contributed by atoms with Gasteiger partial charge >= 0.3 is 5.97 Å². The highest BCUT2D eigenvalue weighted by Gasteiger charge is 2.19. The Bertz CT molecular complexity index is 583. The molecule has 0 aliphatic carbocycles. The number of nitrogens with zero attached hydrogens (tertiary/aromatic N) is 2. The van der Waals surface area contributed by atoms with Crippen LogP contribution in [-0.2, 0) is 7.05 Å². The summed E-state index contributed by atoms with van der Waals surface area (Å²) in [4.78, 5) is 22.6. The third kappa shape index (κ3) is 1.50. The molecule has 0 atom stereocenters. The third-order valence-corrected chi connectivity index (χ3v) is 2.14. The maximum Gasteiger partial charge on any atom is 0.342 e. The van der Waals surface area contributed by atoms with Gasteiger partial charge in [0.05, 0.1) is 18.0 Å². The van der Waals surface area contributed by atoms with Gasteiger partial charge in [0.2, 0.25) is 0 Å². The van der Waals surface area contributed by atoms with Crippen LogP contribution in [0, 0.1) is 0 Å². The van der Waals surface area contributed by atoms with E-state index in [9.17, 15) is 9.59 Å². The van der Waals surface area contributed by atoms with Crippen LogP contribution in [-0.4, -0.2) is 20.9 Å². The molecule has 0 unspecified atom stereocenters. The van der Waals surface area contributed by atoms with Gasteiger partial charge in [0.1, 0.15) is 11.3 Å². The predicted octanol–water partition coefficient (Wildman–Crippen LogP) is 0.738. The zero-order valence-corrected chi connectivity index (χ0v) is 8.38. The first-order valence-corrected chi connectivity index (χ1v) is 4.44. The second-order valence-corrected chi connectivity index (χ2v) is 3.14. The second kappa shape index (κ2) is 3.65. The number of carboxylic acid groups (broad SMARTS) is 1. The lowest BCUT2D eigenvalue weighted by molar-refractivity contribution is 0.0694. The summed E-state index contributed by atoms with van der Waals surface area (Å²) in [6.45, 7) is 0. The van der Waals surface area contributed by atoms with Gasteiger partial charge in [-0.1, -0.05) is 0 Å². The highest BCUT2D eigenvalue weighted by molar-refractivity contribution is 5.94. The average molecular weight is 220 g/mol. The summed E-state index contributed by atoms with van der Waals surface area (Å²) < 4.78 is 6.02. The van der Waals surface area contributed by atoms with Crippen molar-refractivity contribution in [1.29, 1.82) is 0 Å². The fourth-order valence-electron chi connectivity index (χ4n) is 1.36. The Labute approximate surface area is 89.7 Å². The molecule has 2 heterocycles. The van der Waals surface area contributed by atoms with Gasteiger partial charge in [-0.3, -0.25) is 4.79 Å². The van der Waals surface area contributed by atoms with Crippen LogP contribution < -0.4 is 5.56 Å². The molecular formula is C10H8N2O4. The first kappa shape index (κ1) is 10.2. The van der Waals surface area contributed by atoms with Crippen LogP contribution in [0.25, 0.3) is 11.3 Å². The number of hydrogen-bond donors (Lipinski definition) is 1. The van der Waals surface area contributed by atoms with E-state index >= 15 is 0 Å². The quantitative estimate of drug-likeness (QED) is 0.806. The number of carbonyl (C=O) groups is 1. The molecule has 0 saturated heterocycles. The fraction of sp³-hybridized carbons (Fsp3) is 0.100. The molecular weight excluding hydrogens is 212 g/mol. The number of carboxylic acids is 1. The van der Waals surface area contributed by atoms with E-state index in [4.69, 9.17) is 9.52 Å². The maximum atomic E-state index is 11.6. The van der Waals surface area contributed by atoms with Gasteiger partial charge in [-0.05, 0) is 12.1 Å². The molecule has 0 aliphatic rings. The second-order valence-electron chi connectivity index (χ2n) is 3.14. The Kier molecular flexibility index (Phi) is 2.32. The van der Waals surface area contributed by atoms with Crippen molar-refractivity contribution in [3.8, 4) is 11.3 Å². The average Bonchev–Trinajstić information content (AvgIpc) is 2.74. The molecule has 0 saturated carbocycles. The lowest BCUT2D eigenvalue weighted by Gasteiger charge is -2.03. The Morgan fingerprint density at radius 1 is 1.56 bits per heavy atom. The maximum absolute atomic E-state index is 11.6. The van der Waals surface area contributed by atoms with E-state index in [2.05, 4.69) is 5.10 Å². The van der Waals surface area contributed by atoms with Crippen LogP contribution in [0.5, 0.6) is 0 Å². The first-order chi connectivity index (χ1) is 7.61. The van der Waals surface area contributed by atoms with Crippen molar-refractivity contribution >= 4 is 5.97 Å². The van der Waals surface area contributed by atoms with Crippen molar-refractivity contribution in [2.45, 2.75) is 0 Å². The lowest BCUT2D eigenvalue weighted by Crippen LogP contribution is -2.27. The largest absolute Gasteiger partial charge is 0.477 e. The molecule has 0 fully saturated rings. The van der Waals surface area contributed by atoms with E-state index in [1.54, 1.807) is 12.1 Å². The number of furan rings is 1. The van der Waals surface area contributed by atoms with Crippen molar-refractivity contribution in [1.82, 2.24) is 9.78 Å². The zero-order valence-electron chi connectivity index (χ0n) is 8.38. The smallest absolute Gasteiger partial charge is 0.342 e. The minimum absolute atomic E-state index is 0.181. The fourth-order valence-corrected chi connectivity index (χ4v) is 1.36. The molecule has 1 N–H and O–H groups in total. The van der Waals surface area contributed by atoms with Gasteiger partial charge in [0.25, 0.3) is 5.56 Å². The Hall–Kier alpha value is -2.37. The molecule has 0 aliphatic heterocycles. The highest BCUT2D eigenvalue weighted by Crippen LogP contribution is 2.20. The molecule has 0 bridgehead atoms. The molecule has 0 amide bonds. The minimum Gasteiger partial charge on any atom is -0.477 e. The van der Waals surface area contributed by atoms with Crippen LogP contribution in [0.15, 0.2) is 33.8 Å². The van der Waals surface area contributed by atoms with Gasteiger partial charge in [0.15, 0.2) is 0 Å². The summed E-state index contributed by atoms with van der Waals surface area (Å²) in [6.07, 6.45) is 2.70. The van der Waals surface area contributed by atoms with E-state index in [0.29, 0.717) is 5.76 Å². The number of aromatic nitrogens is 2. The molecule has 82 valence electrons. The van der Waals surface area contributed by atoms with Crippen molar-refractivity contribution in [2.24, 2.45) is 7.05 Å². The third-order valence-electron chi connectivity index (χ3n) is 2.14. The molecule has 0 spiro atoms. The summed E-state index contributed by atoms with van der Waals surface area (Å²) in [5.41, 5.74) is -0.825. The van der Waals surface area contributed by atoms with Crippen molar-refractivity contribution in [3.05, 3.63) is 40.5 Å². The molecule has 2 aromatic heterocycles. The van der Waals surface area contributed by atoms with Crippen LogP contribution >= 0.6 is 0 Å². The number of aryl methyl sites for hydroxylation is 1. The SMILES string of the molecule is Cn1ncc(-c2ccco2)c(C(=O)O)c1=O. The van der Waals surface area contributed by atoms with Crippen molar-refractivity contribution < 1.29 is 14.3 Å². The number of hydrogen-bond acceptors (Lipinski definition) is 4. The van der Waals surface area contributed by atoms with E-state index in [0.717, 1.165) is 4.68 Å². The van der Waals surface area contributed by atoms with Gasteiger partial charge < -0.3 is 9.52 Å². The van der Waals surface area contributed by atoms with Crippen LogP contribution in [0.4, 0.5) is 0 Å². The van der Waals surface area contributed by atoms with Gasteiger partial charge in [-0.2, -0.15) is 5.10 Å². The Morgan fingerprint density at radius 3 is 2.88 bits per heavy atom. The monoisotopic (exact) mass is 220 g/mol. The van der Waals surface area contributed by atoms with Crippen molar-refractivity contribution in [3.63, 3.8) is 0 Å². The Morgan fingerprint density at radius 2 is 2.31 bits per heavy atom. The summed E-state index contributed by atoms with van der Waals surface area (Å²) in [6, 6.07) is 3.18. The van der Waals surface area contributed by atoms with Gasteiger partial charge in [0, 0.05) is 7.05 Å². The molecule has 0 aromatic carbocycles. The van der Waals surface area contributed by atoms with Crippen LogP contribution in [0.3, 0.4) is 0 Å². The summed E-state index contributed by atoms with van der Waals surface area (Å²) in [5.74, 6) is -0.989. The van der Waals surface area contributed by atoms with Gasteiger partial charge in [-0.15, -0.1) is 0 Å². The molecule has 6 heteroatoms. The summed E-state index contributed by atoms with van der Waals surface area (Å²) in [7, 11) is 1.39. The first-order valence-electron chi connectivity index (χ1n) is 4.44. The van der Waals surface area contributed by atoms with E-state index in [1.807, 2.05) is 0 Å². The molecule has 2 rings (SSSR count). The lowest BCUT2D eigenvalue weighted by atomic mass is 10.1. The number of aromatic carboxylic acids is 1. The van der Waals surface area contributed by atoms with Crippen molar-refractivity contribution in [2.75, 3.05) is 0 Å².